The van der Waals surface area contributed by atoms with Gasteiger partial charge in [-0.3, -0.25) is 9.59 Å². The highest BCUT2D eigenvalue weighted by molar-refractivity contribution is 9.10. The number of benzene rings is 3. The van der Waals surface area contributed by atoms with Crippen molar-refractivity contribution >= 4 is 39.3 Å². The minimum absolute atomic E-state index is 0.0601. The standard InChI is InChI=1S/C31H34BrClN2O3/c32-25-14-12-24(13-15-25)22-35(30(36)11-6-20-38-28-18-16-26(33)17-19-28)29(21-23-7-2-1-3-8-23)31(37)34-27-9-4-5-10-27/h1-3,7-8,12-19,27,29H,4-6,9-11,20-22H2,(H,34,37)/t29-/m1/s1. The zero-order valence-electron chi connectivity index (χ0n) is 21.5. The van der Waals surface area contributed by atoms with Crippen molar-refractivity contribution in [1.82, 2.24) is 10.2 Å². The molecule has 1 aliphatic carbocycles. The lowest BCUT2D eigenvalue weighted by Gasteiger charge is -2.32. The number of carbonyl (C=O) groups excluding carboxylic acids is 2. The van der Waals surface area contributed by atoms with Gasteiger partial charge in [-0.05, 0) is 66.8 Å². The number of ether oxygens (including phenoxy) is 1. The van der Waals surface area contributed by atoms with E-state index in [4.69, 9.17) is 16.3 Å². The molecule has 0 radical (unpaired) electrons. The van der Waals surface area contributed by atoms with Gasteiger partial charge >= 0.3 is 0 Å². The van der Waals surface area contributed by atoms with Crippen LogP contribution in [0.15, 0.2) is 83.3 Å². The molecule has 3 aromatic rings. The highest BCUT2D eigenvalue weighted by Gasteiger charge is 2.32. The van der Waals surface area contributed by atoms with Crippen molar-refractivity contribution in [1.29, 1.82) is 0 Å². The number of amides is 2. The molecule has 1 aliphatic rings. The average molecular weight is 598 g/mol. The minimum atomic E-state index is -0.605. The molecule has 1 N–H and O–H groups in total. The Hall–Kier alpha value is -2.83. The Morgan fingerprint density at radius 1 is 0.947 bits per heavy atom. The molecule has 0 aliphatic heterocycles. The Bertz CT molecular complexity index is 1170. The van der Waals surface area contributed by atoms with E-state index in [1.807, 2.05) is 66.7 Å². The van der Waals surface area contributed by atoms with Gasteiger partial charge in [0.2, 0.25) is 11.8 Å². The Morgan fingerprint density at radius 3 is 2.32 bits per heavy atom. The van der Waals surface area contributed by atoms with Crippen LogP contribution in [0.4, 0.5) is 0 Å². The molecule has 0 heterocycles. The van der Waals surface area contributed by atoms with Crippen LogP contribution in [0.2, 0.25) is 5.02 Å². The molecule has 200 valence electrons. The Labute approximate surface area is 238 Å². The van der Waals surface area contributed by atoms with Crippen molar-refractivity contribution < 1.29 is 14.3 Å². The maximum atomic E-state index is 13.7. The second kappa shape index (κ2) is 14.4. The lowest BCUT2D eigenvalue weighted by molar-refractivity contribution is -0.141. The molecule has 2 amide bonds. The van der Waals surface area contributed by atoms with Gasteiger partial charge in [0.1, 0.15) is 11.8 Å². The zero-order chi connectivity index (χ0) is 26.7. The van der Waals surface area contributed by atoms with Gasteiger partial charge in [0.15, 0.2) is 0 Å². The fourth-order valence-corrected chi connectivity index (χ4v) is 5.19. The van der Waals surface area contributed by atoms with Crippen LogP contribution in [0.25, 0.3) is 0 Å². The quantitative estimate of drug-likeness (QED) is 0.230. The molecule has 1 saturated carbocycles. The lowest BCUT2D eigenvalue weighted by Crippen LogP contribution is -2.52. The summed E-state index contributed by atoms with van der Waals surface area (Å²) in [6.07, 6.45) is 5.53. The van der Waals surface area contributed by atoms with Crippen molar-refractivity contribution in [3.8, 4) is 5.75 Å². The Kier molecular flexibility index (Phi) is 10.6. The normalized spacial score (nSPS) is 14.2. The summed E-state index contributed by atoms with van der Waals surface area (Å²) >= 11 is 9.44. The molecule has 1 fully saturated rings. The molecule has 7 heteroatoms. The number of nitrogens with one attached hydrogen (secondary N) is 1. The first kappa shape index (κ1) is 28.2. The first-order chi connectivity index (χ1) is 18.5. The first-order valence-corrected chi connectivity index (χ1v) is 14.4. The van der Waals surface area contributed by atoms with Crippen LogP contribution in [0.3, 0.4) is 0 Å². The molecule has 38 heavy (non-hydrogen) atoms. The largest absolute Gasteiger partial charge is 0.494 e. The van der Waals surface area contributed by atoms with Crippen LogP contribution in [0, 0.1) is 0 Å². The van der Waals surface area contributed by atoms with Gasteiger partial charge in [-0.15, -0.1) is 0 Å². The van der Waals surface area contributed by atoms with Crippen LogP contribution >= 0.6 is 27.5 Å². The summed E-state index contributed by atoms with van der Waals surface area (Å²) < 4.78 is 6.77. The number of rotatable bonds is 12. The van der Waals surface area contributed by atoms with Crippen molar-refractivity contribution in [3.63, 3.8) is 0 Å². The van der Waals surface area contributed by atoms with Crippen molar-refractivity contribution in [2.24, 2.45) is 0 Å². The number of carbonyl (C=O) groups is 2. The maximum Gasteiger partial charge on any atom is 0.243 e. The van der Waals surface area contributed by atoms with Gasteiger partial charge in [0.05, 0.1) is 6.61 Å². The molecule has 0 unspecified atom stereocenters. The van der Waals surface area contributed by atoms with Gasteiger partial charge in [-0.2, -0.15) is 0 Å². The predicted octanol–water partition coefficient (Wildman–Crippen LogP) is 6.96. The van der Waals surface area contributed by atoms with Crippen LogP contribution < -0.4 is 10.1 Å². The third-order valence-corrected chi connectivity index (χ3v) is 7.64. The first-order valence-electron chi connectivity index (χ1n) is 13.2. The molecule has 3 aromatic carbocycles. The van der Waals surface area contributed by atoms with Crippen molar-refractivity contribution in [2.75, 3.05) is 6.61 Å². The van der Waals surface area contributed by atoms with Crippen molar-refractivity contribution in [2.45, 2.75) is 63.6 Å². The number of hydrogen-bond donors (Lipinski definition) is 1. The van der Waals surface area contributed by atoms with Crippen LogP contribution in [-0.4, -0.2) is 35.4 Å². The second-order valence-corrected chi connectivity index (χ2v) is 11.1. The monoisotopic (exact) mass is 596 g/mol. The molecule has 0 bridgehead atoms. The fourth-order valence-electron chi connectivity index (χ4n) is 4.80. The van der Waals surface area contributed by atoms with E-state index in [1.54, 1.807) is 17.0 Å². The molecule has 5 nitrogen and oxygen atoms in total. The van der Waals surface area contributed by atoms with E-state index in [0.717, 1.165) is 41.3 Å². The van der Waals surface area contributed by atoms with E-state index >= 15 is 0 Å². The Morgan fingerprint density at radius 2 is 1.63 bits per heavy atom. The molecule has 0 aromatic heterocycles. The molecule has 0 saturated heterocycles. The van der Waals surface area contributed by atoms with Gasteiger partial charge in [-0.25, -0.2) is 0 Å². The molecule has 4 rings (SSSR count). The van der Waals surface area contributed by atoms with Crippen molar-refractivity contribution in [3.05, 3.63) is 99.5 Å². The van der Waals surface area contributed by atoms with Crippen LogP contribution in [-0.2, 0) is 22.6 Å². The molecular formula is C31H34BrClN2O3. The molecule has 0 spiro atoms. The smallest absolute Gasteiger partial charge is 0.243 e. The van der Waals surface area contributed by atoms with Gasteiger partial charge in [-0.1, -0.05) is 82.8 Å². The summed E-state index contributed by atoms with van der Waals surface area (Å²) in [7, 11) is 0. The van der Waals surface area contributed by atoms with E-state index in [-0.39, 0.29) is 24.3 Å². The predicted molar refractivity (Wildman–Crippen MR) is 155 cm³/mol. The summed E-state index contributed by atoms with van der Waals surface area (Å²) in [6, 6.07) is 24.6. The Balaban J connectivity index is 1.50. The van der Waals surface area contributed by atoms with Crippen LogP contribution in [0.5, 0.6) is 5.75 Å². The summed E-state index contributed by atoms with van der Waals surface area (Å²) in [5.41, 5.74) is 2.00. The lowest BCUT2D eigenvalue weighted by atomic mass is 10.0. The topological polar surface area (TPSA) is 58.6 Å². The summed E-state index contributed by atoms with van der Waals surface area (Å²) in [5, 5.41) is 3.90. The van der Waals surface area contributed by atoms with E-state index in [2.05, 4.69) is 21.2 Å². The second-order valence-electron chi connectivity index (χ2n) is 9.75. The summed E-state index contributed by atoms with van der Waals surface area (Å²) in [6.45, 7) is 0.761. The van der Waals surface area contributed by atoms with Gasteiger partial charge in [0, 0.05) is 34.9 Å². The van der Waals surface area contributed by atoms with E-state index in [0.29, 0.717) is 36.8 Å². The fraction of sp³-hybridized carbons (Fsp3) is 0.355. The minimum Gasteiger partial charge on any atom is -0.494 e. The maximum absolute atomic E-state index is 13.7. The van der Waals surface area contributed by atoms with Gasteiger partial charge < -0.3 is 15.0 Å². The van der Waals surface area contributed by atoms with E-state index < -0.39 is 6.04 Å². The average Bonchev–Trinajstić information content (AvgIpc) is 3.44. The third-order valence-electron chi connectivity index (χ3n) is 6.86. The third kappa shape index (κ3) is 8.60. The number of nitrogens with zero attached hydrogens (tertiary/aromatic N) is 1. The highest BCUT2D eigenvalue weighted by atomic mass is 79.9. The summed E-state index contributed by atoms with van der Waals surface area (Å²) in [5.74, 6) is 0.574. The van der Waals surface area contributed by atoms with Crippen LogP contribution in [0.1, 0.15) is 49.7 Å². The highest BCUT2D eigenvalue weighted by Crippen LogP contribution is 2.22. The SMILES string of the molecule is O=C(NC1CCCC1)[C@@H](Cc1ccccc1)N(Cc1ccc(Br)cc1)C(=O)CCCOc1ccc(Cl)cc1. The van der Waals surface area contributed by atoms with Gasteiger partial charge in [0.25, 0.3) is 0 Å². The number of hydrogen-bond acceptors (Lipinski definition) is 3. The zero-order valence-corrected chi connectivity index (χ0v) is 23.8. The number of halogens is 2. The van der Waals surface area contributed by atoms with E-state index in [9.17, 15) is 9.59 Å². The molecular weight excluding hydrogens is 564 g/mol. The summed E-state index contributed by atoms with van der Waals surface area (Å²) in [4.78, 5) is 29.1. The van der Waals surface area contributed by atoms with E-state index in [1.165, 1.54) is 0 Å². The molecule has 1 atom stereocenters.